The highest BCUT2D eigenvalue weighted by Gasteiger charge is 1.99. The molecular weight excluding hydrogens is 260 g/mol. The molecule has 1 aromatic rings. The molecule has 0 aromatic heterocycles. The van der Waals surface area contributed by atoms with Crippen LogP contribution >= 0.6 is 15.9 Å². The second-order valence-corrected chi connectivity index (χ2v) is 3.70. The highest BCUT2D eigenvalue weighted by molar-refractivity contribution is 9.10. The Hall–Kier alpha value is -1.29. The van der Waals surface area contributed by atoms with Crippen molar-refractivity contribution >= 4 is 28.0 Å². The lowest BCUT2D eigenvalue weighted by molar-refractivity contribution is -0.137. The van der Waals surface area contributed by atoms with Gasteiger partial charge in [0, 0.05) is 16.1 Å². The number of benzene rings is 1. The molecule has 0 saturated carbocycles. The number of carbonyl (C=O) groups is 1. The number of hydrogen-bond acceptors (Lipinski definition) is 3. The van der Waals surface area contributed by atoms with Crippen molar-refractivity contribution in [1.82, 2.24) is 0 Å². The van der Waals surface area contributed by atoms with Crippen LogP contribution in [0.5, 0.6) is 5.75 Å². The Balaban J connectivity index is 2.76. The van der Waals surface area contributed by atoms with E-state index in [9.17, 15) is 9.90 Å². The number of ether oxygens (including phenoxy) is 1. The molecule has 15 heavy (non-hydrogen) atoms. The Labute approximate surface area is 96.5 Å². The normalized spacial score (nSPS) is 10.5. The Bertz CT molecular complexity index is 385. The average Bonchev–Trinajstić information content (AvgIpc) is 2.17. The fraction of sp³-hybridized carbons (Fsp3) is 0.182. The van der Waals surface area contributed by atoms with Gasteiger partial charge in [0.1, 0.15) is 5.75 Å². The summed E-state index contributed by atoms with van der Waals surface area (Å²) in [7, 11) is 0. The molecular formula is C11H11BrO3. The summed E-state index contributed by atoms with van der Waals surface area (Å²) in [5, 5.41) is 9.50. The summed E-state index contributed by atoms with van der Waals surface area (Å²) in [4.78, 5) is 11.0. The number of halogens is 1. The van der Waals surface area contributed by atoms with E-state index in [-0.39, 0.29) is 5.75 Å². The standard InChI is InChI=1S/C11H11BrO3/c1-2-15-11(14)6-4-8-3-5-9(12)7-10(8)13/h3-7,13H,2H2,1H3. The molecule has 0 aliphatic rings. The van der Waals surface area contributed by atoms with E-state index in [2.05, 4.69) is 15.9 Å². The zero-order chi connectivity index (χ0) is 11.3. The van der Waals surface area contributed by atoms with Crippen LogP contribution in [0, 0.1) is 0 Å². The van der Waals surface area contributed by atoms with Crippen molar-refractivity contribution in [3.63, 3.8) is 0 Å². The summed E-state index contributed by atoms with van der Waals surface area (Å²) >= 11 is 3.23. The van der Waals surface area contributed by atoms with Gasteiger partial charge in [-0.3, -0.25) is 0 Å². The topological polar surface area (TPSA) is 46.5 Å². The van der Waals surface area contributed by atoms with Crippen LogP contribution in [-0.2, 0) is 9.53 Å². The Morgan fingerprint density at radius 1 is 1.60 bits per heavy atom. The van der Waals surface area contributed by atoms with Gasteiger partial charge < -0.3 is 9.84 Å². The molecule has 0 atom stereocenters. The van der Waals surface area contributed by atoms with Crippen molar-refractivity contribution in [2.45, 2.75) is 6.92 Å². The number of esters is 1. The van der Waals surface area contributed by atoms with Gasteiger partial charge in [-0.1, -0.05) is 22.0 Å². The molecule has 0 spiro atoms. The van der Waals surface area contributed by atoms with Crippen LogP contribution in [0.4, 0.5) is 0 Å². The van der Waals surface area contributed by atoms with Gasteiger partial charge in [-0.25, -0.2) is 4.79 Å². The average molecular weight is 271 g/mol. The van der Waals surface area contributed by atoms with Gasteiger partial charge in [-0.05, 0) is 25.1 Å². The van der Waals surface area contributed by atoms with Gasteiger partial charge in [-0.15, -0.1) is 0 Å². The van der Waals surface area contributed by atoms with E-state index in [1.54, 1.807) is 25.1 Å². The van der Waals surface area contributed by atoms with E-state index in [0.717, 1.165) is 4.47 Å². The molecule has 0 radical (unpaired) electrons. The summed E-state index contributed by atoms with van der Waals surface area (Å²) in [6.07, 6.45) is 2.80. The molecule has 0 heterocycles. The first-order valence-corrected chi connectivity index (χ1v) is 5.26. The highest BCUT2D eigenvalue weighted by Crippen LogP contribution is 2.23. The molecule has 80 valence electrons. The molecule has 3 nitrogen and oxygen atoms in total. The fourth-order valence-corrected chi connectivity index (χ4v) is 1.35. The lowest BCUT2D eigenvalue weighted by atomic mass is 10.2. The molecule has 0 saturated heterocycles. The predicted octanol–water partition coefficient (Wildman–Crippen LogP) is 2.73. The summed E-state index contributed by atoms with van der Waals surface area (Å²) in [6, 6.07) is 5.05. The van der Waals surface area contributed by atoms with E-state index in [1.807, 2.05) is 0 Å². The van der Waals surface area contributed by atoms with Crippen LogP contribution in [0.2, 0.25) is 0 Å². The number of phenols is 1. The minimum atomic E-state index is -0.417. The second kappa shape index (κ2) is 5.56. The van der Waals surface area contributed by atoms with Crippen LogP contribution in [0.15, 0.2) is 28.7 Å². The molecule has 0 unspecified atom stereocenters. The molecule has 0 amide bonds. The molecule has 0 aliphatic heterocycles. The molecule has 1 N–H and O–H groups in total. The van der Waals surface area contributed by atoms with E-state index in [4.69, 9.17) is 4.74 Å². The van der Waals surface area contributed by atoms with E-state index in [0.29, 0.717) is 12.2 Å². The first-order valence-electron chi connectivity index (χ1n) is 4.47. The maximum atomic E-state index is 11.0. The zero-order valence-electron chi connectivity index (χ0n) is 8.24. The Morgan fingerprint density at radius 2 is 2.33 bits per heavy atom. The molecule has 0 aliphatic carbocycles. The van der Waals surface area contributed by atoms with Crippen molar-refractivity contribution in [1.29, 1.82) is 0 Å². The zero-order valence-corrected chi connectivity index (χ0v) is 9.82. The fourth-order valence-electron chi connectivity index (χ4n) is 1.01. The quantitative estimate of drug-likeness (QED) is 0.679. The van der Waals surface area contributed by atoms with Gasteiger partial charge >= 0.3 is 5.97 Å². The number of phenolic OH excluding ortho intramolecular Hbond substituents is 1. The smallest absolute Gasteiger partial charge is 0.330 e. The van der Waals surface area contributed by atoms with E-state index in [1.165, 1.54) is 12.2 Å². The third-order valence-corrected chi connectivity index (χ3v) is 2.17. The minimum absolute atomic E-state index is 0.116. The van der Waals surface area contributed by atoms with Crippen molar-refractivity contribution < 1.29 is 14.6 Å². The van der Waals surface area contributed by atoms with E-state index < -0.39 is 5.97 Å². The summed E-state index contributed by atoms with van der Waals surface area (Å²) in [5.41, 5.74) is 0.575. The number of rotatable bonds is 3. The maximum Gasteiger partial charge on any atom is 0.330 e. The Kier molecular flexibility index (Phi) is 4.37. The van der Waals surface area contributed by atoms with Gasteiger partial charge in [0.2, 0.25) is 0 Å². The largest absolute Gasteiger partial charge is 0.507 e. The van der Waals surface area contributed by atoms with Crippen molar-refractivity contribution in [3.8, 4) is 5.75 Å². The van der Waals surface area contributed by atoms with Crippen LogP contribution in [-0.4, -0.2) is 17.7 Å². The second-order valence-electron chi connectivity index (χ2n) is 2.79. The van der Waals surface area contributed by atoms with Gasteiger partial charge in [0.05, 0.1) is 6.61 Å². The summed E-state index contributed by atoms with van der Waals surface area (Å²) in [6.45, 7) is 2.08. The van der Waals surface area contributed by atoms with Crippen molar-refractivity contribution in [3.05, 3.63) is 34.3 Å². The van der Waals surface area contributed by atoms with Crippen LogP contribution in [0.3, 0.4) is 0 Å². The highest BCUT2D eigenvalue weighted by atomic mass is 79.9. The molecule has 1 rings (SSSR count). The lowest BCUT2D eigenvalue weighted by Crippen LogP contribution is -1.98. The summed E-state index contributed by atoms with van der Waals surface area (Å²) < 4.78 is 5.50. The molecule has 0 bridgehead atoms. The number of aromatic hydroxyl groups is 1. The minimum Gasteiger partial charge on any atom is -0.507 e. The third-order valence-electron chi connectivity index (χ3n) is 1.68. The van der Waals surface area contributed by atoms with Crippen molar-refractivity contribution in [2.75, 3.05) is 6.61 Å². The molecule has 1 aromatic carbocycles. The van der Waals surface area contributed by atoms with E-state index >= 15 is 0 Å². The maximum absolute atomic E-state index is 11.0. The molecule has 0 fully saturated rings. The van der Waals surface area contributed by atoms with Gasteiger partial charge in [0.25, 0.3) is 0 Å². The first kappa shape index (κ1) is 11.8. The van der Waals surface area contributed by atoms with Gasteiger partial charge in [0.15, 0.2) is 0 Å². The number of hydrogen-bond donors (Lipinski definition) is 1. The van der Waals surface area contributed by atoms with Gasteiger partial charge in [-0.2, -0.15) is 0 Å². The number of carbonyl (C=O) groups excluding carboxylic acids is 1. The first-order chi connectivity index (χ1) is 7.13. The lowest BCUT2D eigenvalue weighted by Gasteiger charge is -1.99. The SMILES string of the molecule is CCOC(=O)C=Cc1ccc(Br)cc1O. The Morgan fingerprint density at radius 3 is 2.93 bits per heavy atom. The monoisotopic (exact) mass is 270 g/mol. The summed E-state index contributed by atoms with van der Waals surface area (Å²) in [5.74, 6) is -0.301. The van der Waals surface area contributed by atoms with Crippen molar-refractivity contribution in [2.24, 2.45) is 0 Å². The van der Waals surface area contributed by atoms with Crippen LogP contribution in [0.25, 0.3) is 6.08 Å². The predicted molar refractivity (Wildman–Crippen MR) is 61.5 cm³/mol. The van der Waals surface area contributed by atoms with Crippen LogP contribution in [0.1, 0.15) is 12.5 Å². The third kappa shape index (κ3) is 3.75. The molecule has 4 heteroatoms. The van der Waals surface area contributed by atoms with Crippen LogP contribution < -0.4 is 0 Å².